The van der Waals surface area contributed by atoms with Crippen molar-refractivity contribution in [3.8, 4) is 0 Å². The minimum Gasteiger partial charge on any atom is -0.354 e. The van der Waals surface area contributed by atoms with Crippen LogP contribution >= 0.6 is 11.3 Å². The molecule has 4 rings (SSSR count). The highest BCUT2D eigenvalue weighted by Crippen LogP contribution is 2.32. The summed E-state index contributed by atoms with van der Waals surface area (Å²) >= 11 is 1.62. The summed E-state index contributed by atoms with van der Waals surface area (Å²) in [6, 6.07) is 26.8. The Labute approximate surface area is 191 Å². The summed E-state index contributed by atoms with van der Waals surface area (Å²) in [4.78, 5) is 30.3. The molecule has 2 N–H and O–H groups in total. The van der Waals surface area contributed by atoms with Gasteiger partial charge in [0.25, 0.3) is 5.91 Å². The first kappa shape index (κ1) is 21.7. The number of para-hydroxylation sites is 1. The van der Waals surface area contributed by atoms with E-state index in [1.165, 1.54) is 0 Å². The maximum absolute atomic E-state index is 13.4. The van der Waals surface area contributed by atoms with Gasteiger partial charge >= 0.3 is 0 Å². The van der Waals surface area contributed by atoms with Crippen LogP contribution in [-0.4, -0.2) is 29.9 Å². The number of nitrogens with one attached hydrogen (secondary N) is 2. The number of hydrogen-bond donors (Lipinski definition) is 2. The lowest BCUT2D eigenvalue weighted by molar-refractivity contribution is -0.126. The lowest BCUT2D eigenvalue weighted by Crippen LogP contribution is -2.46. The van der Waals surface area contributed by atoms with Gasteiger partial charge in [0.2, 0.25) is 5.91 Å². The fourth-order valence-electron chi connectivity index (χ4n) is 3.66. The molecule has 6 heteroatoms. The standard InChI is InChI=1S/C26H25N3O2S/c1-26(20-12-6-3-7-13-20,18-23-29-21-14-8-9-15-22(21)32-23)25(31)28-17-16-27-24(30)19-10-4-2-5-11-19/h2-15H,16-18H2,1H3,(H,27,30)(H,28,31). The molecule has 1 aromatic heterocycles. The predicted molar refractivity (Wildman–Crippen MR) is 129 cm³/mol. The quantitative estimate of drug-likeness (QED) is 0.398. The number of carbonyl (C=O) groups excluding carboxylic acids is 2. The summed E-state index contributed by atoms with van der Waals surface area (Å²) in [6.07, 6.45) is 0.499. The van der Waals surface area contributed by atoms with Crippen LogP contribution in [-0.2, 0) is 16.6 Å². The molecule has 0 saturated carbocycles. The molecule has 0 saturated heterocycles. The summed E-state index contributed by atoms with van der Waals surface area (Å²) in [7, 11) is 0. The van der Waals surface area contributed by atoms with E-state index >= 15 is 0 Å². The monoisotopic (exact) mass is 443 g/mol. The molecule has 0 radical (unpaired) electrons. The normalized spacial score (nSPS) is 12.8. The van der Waals surface area contributed by atoms with Crippen molar-refractivity contribution < 1.29 is 9.59 Å². The van der Waals surface area contributed by atoms with Crippen molar-refractivity contribution >= 4 is 33.4 Å². The Hall–Kier alpha value is -3.51. The van der Waals surface area contributed by atoms with E-state index in [9.17, 15) is 9.59 Å². The van der Waals surface area contributed by atoms with Crippen LogP contribution in [0.3, 0.4) is 0 Å². The predicted octanol–water partition coefficient (Wildman–Crippen LogP) is 4.34. The Balaban J connectivity index is 1.45. The molecule has 1 atom stereocenters. The van der Waals surface area contributed by atoms with Gasteiger partial charge < -0.3 is 10.6 Å². The van der Waals surface area contributed by atoms with Crippen molar-refractivity contribution in [3.05, 3.63) is 101 Å². The smallest absolute Gasteiger partial charge is 0.251 e. The topological polar surface area (TPSA) is 71.1 Å². The summed E-state index contributed by atoms with van der Waals surface area (Å²) in [5.74, 6) is -0.239. The maximum Gasteiger partial charge on any atom is 0.251 e. The molecular formula is C26H25N3O2S. The fourth-order valence-corrected chi connectivity index (χ4v) is 4.78. The molecule has 0 aliphatic rings. The highest BCUT2D eigenvalue weighted by Gasteiger charge is 2.36. The lowest BCUT2D eigenvalue weighted by atomic mass is 9.78. The van der Waals surface area contributed by atoms with Gasteiger partial charge in [-0.2, -0.15) is 0 Å². The van der Waals surface area contributed by atoms with Gasteiger partial charge in [-0.1, -0.05) is 60.7 Å². The van der Waals surface area contributed by atoms with Crippen molar-refractivity contribution in [3.63, 3.8) is 0 Å². The van der Waals surface area contributed by atoms with Crippen molar-refractivity contribution in [1.29, 1.82) is 0 Å². The zero-order valence-corrected chi connectivity index (χ0v) is 18.7. The van der Waals surface area contributed by atoms with Crippen LogP contribution in [0.4, 0.5) is 0 Å². The SMILES string of the molecule is CC(Cc1nc2ccccc2s1)(C(=O)NCCNC(=O)c1ccccc1)c1ccccc1. The molecule has 0 aliphatic carbocycles. The Morgan fingerprint density at radius 1 is 0.844 bits per heavy atom. The first-order valence-electron chi connectivity index (χ1n) is 10.6. The van der Waals surface area contributed by atoms with Crippen molar-refractivity contribution in [2.75, 3.05) is 13.1 Å². The number of nitrogens with zero attached hydrogens (tertiary/aromatic N) is 1. The van der Waals surface area contributed by atoms with Gasteiger partial charge in [0.15, 0.2) is 0 Å². The van der Waals surface area contributed by atoms with E-state index in [-0.39, 0.29) is 11.8 Å². The molecule has 0 fully saturated rings. The summed E-state index contributed by atoms with van der Waals surface area (Å²) in [6.45, 7) is 2.65. The Morgan fingerprint density at radius 3 is 2.19 bits per heavy atom. The molecule has 1 unspecified atom stereocenters. The minimum atomic E-state index is -0.779. The second-order valence-electron chi connectivity index (χ2n) is 7.83. The molecule has 0 spiro atoms. The highest BCUT2D eigenvalue weighted by atomic mass is 32.1. The summed E-state index contributed by atoms with van der Waals surface area (Å²) < 4.78 is 1.11. The van der Waals surface area contributed by atoms with Crippen LogP contribution < -0.4 is 10.6 Å². The molecule has 32 heavy (non-hydrogen) atoms. The average molecular weight is 444 g/mol. The van der Waals surface area contributed by atoms with E-state index in [1.807, 2.05) is 79.7 Å². The number of amides is 2. The third kappa shape index (κ3) is 4.86. The van der Waals surface area contributed by atoms with E-state index in [0.29, 0.717) is 25.1 Å². The van der Waals surface area contributed by atoms with Crippen LogP contribution in [0.1, 0.15) is 27.9 Å². The Kier molecular flexibility index (Phi) is 6.61. The number of benzene rings is 3. The molecule has 5 nitrogen and oxygen atoms in total. The molecule has 4 aromatic rings. The maximum atomic E-state index is 13.4. The number of hydrogen-bond acceptors (Lipinski definition) is 4. The van der Waals surface area contributed by atoms with Gasteiger partial charge in [0.1, 0.15) is 0 Å². The molecule has 1 heterocycles. The second-order valence-corrected chi connectivity index (χ2v) is 8.94. The first-order valence-corrected chi connectivity index (χ1v) is 11.4. The van der Waals surface area contributed by atoms with Crippen LogP contribution in [0.2, 0.25) is 0 Å². The van der Waals surface area contributed by atoms with Crippen LogP contribution in [0.15, 0.2) is 84.9 Å². The molecule has 0 bridgehead atoms. The van der Waals surface area contributed by atoms with Crippen LogP contribution in [0, 0.1) is 0 Å². The molecule has 2 amide bonds. The van der Waals surface area contributed by atoms with Gasteiger partial charge in [0, 0.05) is 25.1 Å². The molecule has 3 aromatic carbocycles. The fraction of sp³-hybridized carbons (Fsp3) is 0.192. The summed E-state index contributed by atoms with van der Waals surface area (Å²) in [5, 5.41) is 6.78. The van der Waals surface area contributed by atoms with Gasteiger partial charge in [-0.25, -0.2) is 4.98 Å². The number of rotatable bonds is 8. The van der Waals surface area contributed by atoms with E-state index in [1.54, 1.807) is 23.5 Å². The zero-order chi connectivity index (χ0) is 22.4. The van der Waals surface area contributed by atoms with Crippen molar-refractivity contribution in [1.82, 2.24) is 15.6 Å². The number of carbonyl (C=O) groups is 2. The third-order valence-corrected chi connectivity index (χ3v) is 6.52. The van der Waals surface area contributed by atoms with Crippen LogP contribution in [0.25, 0.3) is 10.2 Å². The zero-order valence-electron chi connectivity index (χ0n) is 17.9. The highest BCUT2D eigenvalue weighted by molar-refractivity contribution is 7.18. The van der Waals surface area contributed by atoms with Gasteiger partial charge in [-0.15, -0.1) is 11.3 Å². The summed E-state index contributed by atoms with van der Waals surface area (Å²) in [5.41, 5.74) is 1.71. The Bertz CT molecular complexity index is 1170. The third-order valence-electron chi connectivity index (χ3n) is 5.49. The van der Waals surface area contributed by atoms with Gasteiger partial charge in [-0.3, -0.25) is 9.59 Å². The lowest BCUT2D eigenvalue weighted by Gasteiger charge is -2.28. The number of thiazole rings is 1. The van der Waals surface area contributed by atoms with E-state index < -0.39 is 5.41 Å². The van der Waals surface area contributed by atoms with Crippen molar-refractivity contribution in [2.45, 2.75) is 18.8 Å². The first-order chi connectivity index (χ1) is 15.6. The van der Waals surface area contributed by atoms with Gasteiger partial charge in [-0.05, 0) is 36.8 Å². The second kappa shape index (κ2) is 9.75. The molecular weight excluding hydrogens is 418 g/mol. The average Bonchev–Trinajstić information content (AvgIpc) is 3.24. The van der Waals surface area contributed by atoms with E-state index in [0.717, 1.165) is 20.8 Å². The minimum absolute atomic E-state index is 0.0862. The van der Waals surface area contributed by atoms with Crippen LogP contribution in [0.5, 0.6) is 0 Å². The molecule has 0 aliphatic heterocycles. The van der Waals surface area contributed by atoms with Gasteiger partial charge in [0.05, 0.1) is 20.6 Å². The molecule has 162 valence electrons. The Morgan fingerprint density at radius 2 is 1.47 bits per heavy atom. The largest absolute Gasteiger partial charge is 0.354 e. The van der Waals surface area contributed by atoms with E-state index in [4.69, 9.17) is 4.98 Å². The number of aromatic nitrogens is 1. The number of fused-ring (bicyclic) bond motifs is 1. The van der Waals surface area contributed by atoms with E-state index in [2.05, 4.69) is 10.6 Å². The van der Waals surface area contributed by atoms with Crippen molar-refractivity contribution in [2.24, 2.45) is 0 Å².